The number of nitrogens with two attached hydrogens (primary N) is 1. The lowest BCUT2D eigenvalue weighted by Gasteiger charge is -2.03. The third-order valence-corrected chi connectivity index (χ3v) is 2.85. The monoisotopic (exact) mass is 266 g/mol. The van der Waals surface area contributed by atoms with Gasteiger partial charge in [0.2, 0.25) is 0 Å². The number of aromatic amines is 1. The zero-order valence-electron chi connectivity index (χ0n) is 9.61. The summed E-state index contributed by atoms with van der Waals surface area (Å²) in [6.45, 7) is 1.93. The van der Waals surface area contributed by atoms with E-state index in [1.165, 1.54) is 12.1 Å². The highest BCUT2D eigenvalue weighted by Gasteiger charge is 2.15. The van der Waals surface area contributed by atoms with Crippen molar-refractivity contribution in [2.24, 2.45) is 0 Å². The summed E-state index contributed by atoms with van der Waals surface area (Å²) in [5, 5.41) is 17.8. The minimum atomic E-state index is -0.485. The third kappa shape index (κ3) is 2.14. The predicted octanol–water partition coefficient (Wildman–Crippen LogP) is 2.78. The van der Waals surface area contributed by atoms with E-state index in [0.717, 1.165) is 5.56 Å². The maximum Gasteiger partial charge on any atom is 0.271 e. The molecule has 0 aliphatic heterocycles. The quantitative estimate of drug-likeness (QED) is 0.659. The van der Waals surface area contributed by atoms with Gasteiger partial charge < -0.3 is 5.73 Å². The number of nitrogens with one attached hydrogen (secondary N) is 1. The van der Waals surface area contributed by atoms with Crippen LogP contribution in [0.3, 0.4) is 0 Å². The summed E-state index contributed by atoms with van der Waals surface area (Å²) in [5.41, 5.74) is 7.75. The van der Waals surface area contributed by atoms with E-state index in [-0.39, 0.29) is 5.69 Å². The second-order valence-corrected chi connectivity index (χ2v) is 4.21. The molecule has 0 atom stereocenters. The molecule has 94 valence electrons. The van der Waals surface area contributed by atoms with Crippen LogP contribution < -0.4 is 5.73 Å². The van der Waals surface area contributed by atoms with Crippen LogP contribution in [0.1, 0.15) is 12.5 Å². The van der Waals surface area contributed by atoms with Crippen LogP contribution in [0.25, 0.3) is 11.3 Å². The molecule has 1 heterocycles. The summed E-state index contributed by atoms with van der Waals surface area (Å²) >= 11 is 5.88. The number of rotatable bonds is 3. The van der Waals surface area contributed by atoms with Gasteiger partial charge in [-0.25, -0.2) is 0 Å². The standard InChI is InChI=1S/C11H11ClN4O2/c1-2-9-10(14-15-11(9)13)6-3-7(12)5-8(4-6)16(17)18/h3-5H,2H2,1H3,(H3,13,14,15). The molecule has 0 saturated heterocycles. The Labute approximate surface area is 108 Å². The molecule has 0 radical (unpaired) electrons. The minimum Gasteiger partial charge on any atom is -0.382 e. The van der Waals surface area contributed by atoms with Gasteiger partial charge in [0.15, 0.2) is 0 Å². The van der Waals surface area contributed by atoms with Gasteiger partial charge >= 0.3 is 0 Å². The summed E-state index contributed by atoms with van der Waals surface area (Å²) < 4.78 is 0. The summed E-state index contributed by atoms with van der Waals surface area (Å²) in [4.78, 5) is 10.3. The van der Waals surface area contributed by atoms with Crippen LogP contribution in [0.4, 0.5) is 11.5 Å². The summed E-state index contributed by atoms with van der Waals surface area (Å²) in [6, 6.07) is 4.38. The van der Waals surface area contributed by atoms with Gasteiger partial charge in [-0.3, -0.25) is 15.2 Å². The lowest BCUT2D eigenvalue weighted by Crippen LogP contribution is -1.92. The largest absolute Gasteiger partial charge is 0.382 e. The van der Waals surface area contributed by atoms with E-state index in [9.17, 15) is 10.1 Å². The molecule has 18 heavy (non-hydrogen) atoms. The normalized spacial score (nSPS) is 10.6. The molecule has 0 aliphatic rings. The van der Waals surface area contributed by atoms with E-state index in [2.05, 4.69) is 10.2 Å². The van der Waals surface area contributed by atoms with Crippen molar-refractivity contribution >= 4 is 23.1 Å². The number of H-pyrrole nitrogens is 1. The van der Waals surface area contributed by atoms with Crippen LogP contribution in [0, 0.1) is 10.1 Å². The van der Waals surface area contributed by atoms with E-state index in [0.29, 0.717) is 28.5 Å². The topological polar surface area (TPSA) is 97.8 Å². The molecule has 7 heteroatoms. The Morgan fingerprint density at radius 3 is 2.83 bits per heavy atom. The lowest BCUT2D eigenvalue weighted by atomic mass is 10.1. The number of anilines is 1. The average molecular weight is 267 g/mol. The fourth-order valence-corrected chi connectivity index (χ4v) is 2.03. The van der Waals surface area contributed by atoms with Gasteiger partial charge in [0.1, 0.15) is 5.82 Å². The molecule has 6 nitrogen and oxygen atoms in total. The molecule has 2 rings (SSSR count). The van der Waals surface area contributed by atoms with Gasteiger partial charge in [0, 0.05) is 28.3 Å². The maximum atomic E-state index is 10.8. The number of nitrogens with zero attached hydrogens (tertiary/aromatic N) is 2. The first-order chi connectivity index (χ1) is 8.52. The number of benzene rings is 1. The third-order valence-electron chi connectivity index (χ3n) is 2.63. The Bertz CT molecular complexity index is 609. The van der Waals surface area contributed by atoms with Gasteiger partial charge in [-0.15, -0.1) is 0 Å². The van der Waals surface area contributed by atoms with Crippen LogP contribution in [-0.2, 0) is 6.42 Å². The number of nitro benzene ring substituents is 1. The van der Waals surface area contributed by atoms with E-state index in [4.69, 9.17) is 17.3 Å². The molecule has 0 spiro atoms. The van der Waals surface area contributed by atoms with Gasteiger partial charge in [-0.1, -0.05) is 18.5 Å². The number of nitro groups is 1. The van der Waals surface area contributed by atoms with Gasteiger partial charge in [-0.2, -0.15) is 5.10 Å². The van der Waals surface area contributed by atoms with Gasteiger partial charge in [0.25, 0.3) is 5.69 Å². The molecular weight excluding hydrogens is 256 g/mol. The van der Waals surface area contributed by atoms with Gasteiger partial charge in [0.05, 0.1) is 10.6 Å². The van der Waals surface area contributed by atoms with Crippen LogP contribution in [-0.4, -0.2) is 15.1 Å². The highest BCUT2D eigenvalue weighted by molar-refractivity contribution is 6.31. The Balaban J connectivity index is 2.60. The van der Waals surface area contributed by atoms with Crippen molar-refractivity contribution in [1.29, 1.82) is 0 Å². The number of halogens is 1. The molecule has 0 bridgehead atoms. The molecule has 1 aromatic heterocycles. The molecule has 0 amide bonds. The second kappa shape index (κ2) is 4.66. The molecule has 3 N–H and O–H groups in total. The zero-order valence-corrected chi connectivity index (χ0v) is 10.4. The minimum absolute atomic E-state index is 0.0623. The smallest absolute Gasteiger partial charge is 0.271 e. The average Bonchev–Trinajstić information content (AvgIpc) is 2.69. The van der Waals surface area contributed by atoms with Crippen molar-refractivity contribution in [2.45, 2.75) is 13.3 Å². The number of non-ortho nitro benzene ring substituents is 1. The molecule has 1 aromatic carbocycles. The molecule has 0 aliphatic carbocycles. The van der Waals surface area contributed by atoms with Gasteiger partial charge in [-0.05, 0) is 12.5 Å². The molecular formula is C11H11ClN4O2. The van der Waals surface area contributed by atoms with Crippen molar-refractivity contribution in [3.63, 3.8) is 0 Å². The summed E-state index contributed by atoms with van der Waals surface area (Å²) in [6.07, 6.45) is 0.679. The first-order valence-corrected chi connectivity index (χ1v) is 5.68. The van der Waals surface area contributed by atoms with Crippen LogP contribution in [0.2, 0.25) is 5.02 Å². The Morgan fingerprint density at radius 1 is 1.50 bits per heavy atom. The van der Waals surface area contributed by atoms with Crippen molar-refractivity contribution in [3.8, 4) is 11.3 Å². The fraction of sp³-hybridized carbons (Fsp3) is 0.182. The first kappa shape index (κ1) is 12.4. The lowest BCUT2D eigenvalue weighted by molar-refractivity contribution is -0.384. The highest BCUT2D eigenvalue weighted by Crippen LogP contribution is 2.31. The first-order valence-electron chi connectivity index (χ1n) is 5.31. The Kier molecular flexibility index (Phi) is 3.20. The fourth-order valence-electron chi connectivity index (χ4n) is 1.80. The van der Waals surface area contributed by atoms with E-state index >= 15 is 0 Å². The van der Waals surface area contributed by atoms with Crippen molar-refractivity contribution in [3.05, 3.63) is 38.9 Å². The van der Waals surface area contributed by atoms with E-state index in [1.807, 2.05) is 6.92 Å². The Hall–Kier alpha value is -2.08. The van der Waals surface area contributed by atoms with Crippen molar-refractivity contribution in [2.75, 3.05) is 5.73 Å². The van der Waals surface area contributed by atoms with Crippen molar-refractivity contribution < 1.29 is 4.92 Å². The molecule has 0 fully saturated rings. The van der Waals surface area contributed by atoms with Crippen LogP contribution in [0.15, 0.2) is 18.2 Å². The number of nitrogen functional groups attached to an aromatic ring is 1. The number of aromatic nitrogens is 2. The Morgan fingerprint density at radius 2 is 2.22 bits per heavy atom. The highest BCUT2D eigenvalue weighted by atomic mass is 35.5. The second-order valence-electron chi connectivity index (χ2n) is 3.77. The van der Waals surface area contributed by atoms with Crippen LogP contribution in [0.5, 0.6) is 0 Å². The number of hydrogen-bond acceptors (Lipinski definition) is 4. The van der Waals surface area contributed by atoms with E-state index < -0.39 is 4.92 Å². The zero-order chi connectivity index (χ0) is 13.3. The summed E-state index contributed by atoms with van der Waals surface area (Å²) in [7, 11) is 0. The predicted molar refractivity (Wildman–Crippen MR) is 69.5 cm³/mol. The number of hydrogen-bond donors (Lipinski definition) is 2. The van der Waals surface area contributed by atoms with Crippen LogP contribution >= 0.6 is 11.6 Å². The van der Waals surface area contributed by atoms with Crippen molar-refractivity contribution in [1.82, 2.24) is 10.2 Å². The molecule has 2 aromatic rings. The SMILES string of the molecule is CCc1c(N)n[nH]c1-c1cc(Cl)cc([N+](=O)[O-])c1. The maximum absolute atomic E-state index is 10.8. The summed E-state index contributed by atoms with van der Waals surface area (Å²) in [5.74, 6) is 0.398. The molecule has 0 saturated carbocycles. The molecule has 0 unspecified atom stereocenters. The van der Waals surface area contributed by atoms with E-state index in [1.54, 1.807) is 6.07 Å².